The van der Waals surface area contributed by atoms with Crippen LogP contribution in [0.3, 0.4) is 0 Å². The van der Waals surface area contributed by atoms with Gasteiger partial charge in [0.2, 0.25) is 0 Å². The molecule has 0 saturated carbocycles. The van der Waals surface area contributed by atoms with E-state index in [1.807, 2.05) is 0 Å². The molecule has 0 bridgehead atoms. The second-order valence-electron chi connectivity index (χ2n) is 6.30. The van der Waals surface area contributed by atoms with Crippen molar-refractivity contribution in [2.75, 3.05) is 36.8 Å². The second-order valence-corrected chi connectivity index (χ2v) is 6.30. The molecule has 23 heavy (non-hydrogen) atoms. The molecule has 2 aliphatic rings. The summed E-state index contributed by atoms with van der Waals surface area (Å²) < 4.78 is 0.787. The van der Waals surface area contributed by atoms with E-state index in [1.54, 1.807) is 17.0 Å². The number of carbonyl (C=O) groups excluding carboxylic acids is 1. The number of hydrogen-bond acceptors (Lipinski definition) is 4. The Morgan fingerprint density at radius 2 is 1.61 bits per heavy atom. The van der Waals surface area contributed by atoms with Gasteiger partial charge in [-0.25, -0.2) is 4.79 Å². The minimum absolute atomic E-state index is 0.193. The Morgan fingerprint density at radius 3 is 2.26 bits per heavy atom. The van der Waals surface area contributed by atoms with Crippen molar-refractivity contribution in [3.63, 3.8) is 0 Å². The van der Waals surface area contributed by atoms with Gasteiger partial charge in [0.1, 0.15) is 5.82 Å². The van der Waals surface area contributed by atoms with Gasteiger partial charge >= 0.3 is 6.03 Å². The fraction of sp³-hybridized carbons (Fsp3) is 0.625. The Balaban J connectivity index is 1.89. The van der Waals surface area contributed by atoms with E-state index in [1.165, 1.54) is 6.42 Å². The molecule has 0 spiro atoms. The topological polar surface area (TPSA) is 87.1 Å². The van der Waals surface area contributed by atoms with Crippen molar-refractivity contribution in [1.82, 2.24) is 9.63 Å². The highest BCUT2D eigenvalue weighted by Crippen LogP contribution is 2.20. The minimum Gasteiger partial charge on any atom is -0.425 e. The molecule has 126 valence electrons. The number of piperidine rings is 2. The summed E-state index contributed by atoms with van der Waals surface area (Å²) in [6.07, 6.45) is 6.71. The zero-order valence-electron chi connectivity index (χ0n) is 13.4. The number of aromatic nitrogens is 1. The normalized spacial score (nSPS) is 19.9. The van der Waals surface area contributed by atoms with Gasteiger partial charge in [0.25, 0.3) is 0 Å². The molecule has 2 aliphatic heterocycles. The first-order chi connectivity index (χ1) is 11.1. The van der Waals surface area contributed by atoms with Crippen molar-refractivity contribution in [2.45, 2.75) is 38.5 Å². The molecule has 0 atom stereocenters. The molecule has 2 fully saturated rings. The number of anilines is 2. The van der Waals surface area contributed by atoms with Gasteiger partial charge in [0.15, 0.2) is 5.49 Å². The maximum atomic E-state index is 12.3. The molecule has 1 aromatic heterocycles. The number of likely N-dealkylation sites (tertiary alicyclic amines) is 1. The number of pyridine rings is 1. The Labute approximate surface area is 136 Å². The highest BCUT2D eigenvalue weighted by atomic mass is 16.5. The molecule has 0 unspecified atom stereocenters. The van der Waals surface area contributed by atoms with Gasteiger partial charge in [-0.15, -0.1) is 0 Å². The standard InChI is InChI=1S/C16H25N5O2/c17-14-11-13(19-7-3-1-4-8-19)12-15(21(14)23)18-16(22)20-9-5-2-6-10-20/h11-12,23H,1-10,17H2. The molecule has 0 aromatic carbocycles. The van der Waals surface area contributed by atoms with Crippen molar-refractivity contribution in [2.24, 2.45) is 4.99 Å². The maximum Gasteiger partial charge on any atom is 0.345 e. The van der Waals surface area contributed by atoms with Gasteiger partial charge in [-0.3, -0.25) is 0 Å². The number of hydrogen-bond donors (Lipinski definition) is 2. The summed E-state index contributed by atoms with van der Waals surface area (Å²) in [5.74, 6) is 0.193. The maximum absolute atomic E-state index is 12.3. The molecule has 2 saturated heterocycles. The molecule has 2 amide bonds. The highest BCUT2D eigenvalue weighted by molar-refractivity contribution is 5.75. The van der Waals surface area contributed by atoms with E-state index < -0.39 is 0 Å². The van der Waals surface area contributed by atoms with E-state index in [4.69, 9.17) is 5.73 Å². The molecule has 0 aliphatic carbocycles. The lowest BCUT2D eigenvalue weighted by Crippen LogP contribution is -2.36. The lowest BCUT2D eigenvalue weighted by molar-refractivity contribution is 0.173. The smallest absolute Gasteiger partial charge is 0.345 e. The molecule has 7 heteroatoms. The summed E-state index contributed by atoms with van der Waals surface area (Å²) in [5.41, 5.74) is 6.99. The summed E-state index contributed by atoms with van der Waals surface area (Å²) in [4.78, 5) is 20.3. The van der Waals surface area contributed by atoms with Crippen LogP contribution in [0.5, 0.6) is 0 Å². The van der Waals surface area contributed by atoms with E-state index in [9.17, 15) is 10.0 Å². The summed E-state index contributed by atoms with van der Waals surface area (Å²) in [6.45, 7) is 3.40. The quantitative estimate of drug-likeness (QED) is 0.773. The third-order valence-electron chi connectivity index (χ3n) is 4.59. The van der Waals surface area contributed by atoms with Crippen molar-refractivity contribution in [1.29, 1.82) is 0 Å². The van der Waals surface area contributed by atoms with Crippen molar-refractivity contribution in [3.8, 4) is 0 Å². The molecule has 3 rings (SSSR count). The van der Waals surface area contributed by atoms with Crippen LogP contribution in [0.4, 0.5) is 16.3 Å². The first kappa shape index (κ1) is 15.7. The SMILES string of the molecule is Nc1cc(N2CCCCC2)cc(=NC(=O)N2CCCCC2)n1O. The largest absolute Gasteiger partial charge is 0.425 e. The first-order valence-electron chi connectivity index (χ1n) is 8.45. The average Bonchev–Trinajstić information content (AvgIpc) is 2.60. The number of nitrogens with two attached hydrogens (primary N) is 1. The number of urea groups is 1. The molecule has 3 N–H and O–H groups in total. The van der Waals surface area contributed by atoms with Crippen LogP contribution in [0.25, 0.3) is 0 Å². The molecular formula is C16H25N5O2. The van der Waals surface area contributed by atoms with E-state index in [2.05, 4.69) is 9.89 Å². The van der Waals surface area contributed by atoms with Crippen LogP contribution in [0.2, 0.25) is 0 Å². The van der Waals surface area contributed by atoms with Crippen LogP contribution in [0.1, 0.15) is 38.5 Å². The lowest BCUT2D eigenvalue weighted by Gasteiger charge is -2.29. The van der Waals surface area contributed by atoms with Crippen molar-refractivity contribution >= 4 is 17.5 Å². The molecule has 1 aromatic rings. The van der Waals surface area contributed by atoms with Gasteiger partial charge in [-0.05, 0) is 38.5 Å². The Bertz CT molecular complexity index is 628. The monoisotopic (exact) mass is 319 g/mol. The Morgan fingerprint density at radius 1 is 1.00 bits per heavy atom. The summed E-state index contributed by atoms with van der Waals surface area (Å²) >= 11 is 0. The lowest BCUT2D eigenvalue weighted by atomic mass is 10.1. The average molecular weight is 319 g/mol. The second kappa shape index (κ2) is 6.93. The van der Waals surface area contributed by atoms with Gasteiger partial charge in [0.05, 0.1) is 0 Å². The van der Waals surface area contributed by atoms with Gasteiger partial charge in [-0.2, -0.15) is 9.72 Å². The third kappa shape index (κ3) is 3.60. The molecular weight excluding hydrogens is 294 g/mol. The van der Waals surface area contributed by atoms with Crippen LogP contribution in [0.15, 0.2) is 17.1 Å². The molecule has 0 radical (unpaired) electrons. The Hall–Kier alpha value is -2.18. The minimum atomic E-state index is -0.303. The summed E-state index contributed by atoms with van der Waals surface area (Å²) in [5, 5.41) is 10.1. The Kier molecular flexibility index (Phi) is 4.73. The van der Waals surface area contributed by atoms with Crippen LogP contribution < -0.4 is 16.1 Å². The predicted molar refractivity (Wildman–Crippen MR) is 88.5 cm³/mol. The van der Waals surface area contributed by atoms with Crippen molar-refractivity contribution < 1.29 is 10.0 Å². The van der Waals surface area contributed by atoms with Gasteiger partial charge in [0, 0.05) is 44.0 Å². The predicted octanol–water partition coefficient (Wildman–Crippen LogP) is 1.80. The van der Waals surface area contributed by atoms with E-state index in [0.29, 0.717) is 0 Å². The molecule has 7 nitrogen and oxygen atoms in total. The van der Waals surface area contributed by atoms with Crippen LogP contribution in [0, 0.1) is 0 Å². The number of nitrogens with zero attached hydrogens (tertiary/aromatic N) is 4. The van der Waals surface area contributed by atoms with Crippen LogP contribution >= 0.6 is 0 Å². The van der Waals surface area contributed by atoms with E-state index in [0.717, 1.165) is 68.7 Å². The van der Waals surface area contributed by atoms with E-state index in [-0.39, 0.29) is 17.3 Å². The fourth-order valence-electron chi connectivity index (χ4n) is 3.25. The number of carbonyl (C=O) groups is 1. The zero-order valence-corrected chi connectivity index (χ0v) is 13.4. The number of rotatable bonds is 1. The van der Waals surface area contributed by atoms with Crippen molar-refractivity contribution in [3.05, 3.63) is 17.6 Å². The highest BCUT2D eigenvalue weighted by Gasteiger charge is 2.17. The number of amides is 2. The van der Waals surface area contributed by atoms with E-state index >= 15 is 0 Å². The number of nitrogen functional groups attached to an aromatic ring is 1. The van der Waals surface area contributed by atoms with Gasteiger partial charge < -0.3 is 20.7 Å². The van der Waals surface area contributed by atoms with Gasteiger partial charge in [-0.1, -0.05) is 0 Å². The first-order valence-corrected chi connectivity index (χ1v) is 8.45. The zero-order chi connectivity index (χ0) is 16.2. The fourth-order valence-corrected chi connectivity index (χ4v) is 3.25. The summed E-state index contributed by atoms with van der Waals surface area (Å²) in [7, 11) is 0. The van der Waals surface area contributed by atoms with Crippen LogP contribution in [-0.2, 0) is 0 Å². The third-order valence-corrected chi connectivity index (χ3v) is 4.59. The summed E-state index contributed by atoms with van der Waals surface area (Å²) in [6, 6.07) is 3.17. The van der Waals surface area contributed by atoms with Crippen LogP contribution in [-0.4, -0.2) is 47.0 Å². The molecule has 3 heterocycles.